The van der Waals surface area contributed by atoms with Gasteiger partial charge in [-0.3, -0.25) is 9.78 Å². The van der Waals surface area contributed by atoms with Crippen LogP contribution in [0.15, 0.2) is 28.2 Å². The minimum absolute atomic E-state index is 0.119. The highest BCUT2D eigenvalue weighted by atomic mass is 19.3. The van der Waals surface area contributed by atoms with Crippen molar-refractivity contribution in [1.82, 2.24) is 29.8 Å². The van der Waals surface area contributed by atoms with Crippen LogP contribution >= 0.6 is 0 Å². The molecular weight excluding hydrogens is 348 g/mol. The van der Waals surface area contributed by atoms with E-state index >= 15 is 0 Å². The van der Waals surface area contributed by atoms with Crippen molar-refractivity contribution in [3.05, 3.63) is 39.4 Å². The highest BCUT2D eigenvalue weighted by Gasteiger charge is 2.67. The lowest BCUT2D eigenvalue weighted by Gasteiger charge is -2.19. The Hall–Kier alpha value is -3.11. The summed E-state index contributed by atoms with van der Waals surface area (Å²) in [4.78, 5) is 29.4. The van der Waals surface area contributed by atoms with Crippen molar-refractivity contribution in [2.45, 2.75) is 18.8 Å². The lowest BCUT2D eigenvalue weighted by atomic mass is 10.0. The van der Waals surface area contributed by atoms with Crippen LogP contribution < -0.4 is 16.1 Å². The Kier molecular flexibility index (Phi) is 2.77. The quantitative estimate of drug-likeness (QED) is 0.683. The van der Waals surface area contributed by atoms with Gasteiger partial charge in [0.05, 0.1) is 23.2 Å². The Morgan fingerprint density at radius 2 is 2.00 bits per heavy atom. The number of fused-ring (bicyclic) bond motifs is 1. The van der Waals surface area contributed by atoms with Crippen LogP contribution in [0.3, 0.4) is 0 Å². The number of hydrogen-bond acceptors (Lipinski definition) is 6. The van der Waals surface area contributed by atoms with E-state index in [2.05, 4.69) is 25.3 Å². The molecule has 134 valence electrons. The zero-order valence-corrected chi connectivity index (χ0v) is 13.4. The summed E-state index contributed by atoms with van der Waals surface area (Å²) in [6.07, 6.45) is 3.57. The smallest absolute Gasteiger partial charge is 0.325 e. The third-order valence-corrected chi connectivity index (χ3v) is 5.20. The van der Waals surface area contributed by atoms with E-state index in [1.54, 1.807) is 4.90 Å². The summed E-state index contributed by atoms with van der Waals surface area (Å²) >= 11 is 0. The van der Waals surface area contributed by atoms with E-state index in [4.69, 9.17) is 0 Å². The second-order valence-electron chi connectivity index (χ2n) is 6.84. The summed E-state index contributed by atoms with van der Waals surface area (Å²) in [7, 11) is 0. The lowest BCUT2D eigenvalue weighted by Crippen LogP contribution is -2.28. The maximum atomic E-state index is 14.4. The van der Waals surface area contributed by atoms with Crippen LogP contribution in [0.5, 0.6) is 0 Å². The number of hydrogen-bond donors (Lipinski definition) is 2. The van der Waals surface area contributed by atoms with Gasteiger partial charge in [-0.05, 0) is 18.9 Å². The second-order valence-corrected chi connectivity index (χ2v) is 6.84. The fourth-order valence-electron chi connectivity index (χ4n) is 3.56. The maximum absolute atomic E-state index is 14.4. The standard InChI is InChI=1S/C15H13F2N7O2/c16-15(17)6-23(5-14(15)1-2-14)10-3-9(22-24-7-19-21-11(10)24)8-4-18-13(26)20-12(8)25/h3-4,7H,1-2,5-6H2,(H2,18,20,25,26). The van der Waals surface area contributed by atoms with Gasteiger partial charge in [0.25, 0.3) is 11.5 Å². The molecule has 0 radical (unpaired) electrons. The first kappa shape index (κ1) is 15.2. The molecule has 1 aliphatic carbocycles. The largest absolute Gasteiger partial charge is 0.362 e. The first-order valence-corrected chi connectivity index (χ1v) is 8.05. The summed E-state index contributed by atoms with van der Waals surface area (Å²) in [5.41, 5.74) is -1.12. The summed E-state index contributed by atoms with van der Waals surface area (Å²) in [6, 6.07) is 1.53. The van der Waals surface area contributed by atoms with Gasteiger partial charge < -0.3 is 9.88 Å². The van der Waals surface area contributed by atoms with Crippen LogP contribution in [0, 0.1) is 5.41 Å². The van der Waals surface area contributed by atoms with Crippen LogP contribution in [-0.2, 0) is 0 Å². The molecule has 0 aromatic carbocycles. The van der Waals surface area contributed by atoms with E-state index in [0.29, 0.717) is 24.2 Å². The second kappa shape index (κ2) is 4.74. The summed E-state index contributed by atoms with van der Waals surface area (Å²) in [6.45, 7) is -0.199. The Morgan fingerprint density at radius 1 is 1.19 bits per heavy atom. The van der Waals surface area contributed by atoms with Gasteiger partial charge in [-0.15, -0.1) is 10.2 Å². The highest BCUT2D eigenvalue weighted by Crippen LogP contribution is 2.61. The minimum atomic E-state index is -2.77. The number of rotatable bonds is 2. The molecule has 1 aliphatic heterocycles. The average Bonchev–Trinajstić information content (AvgIpc) is 3.13. The molecule has 2 fully saturated rings. The number of aromatic nitrogens is 6. The predicted molar refractivity (Wildman–Crippen MR) is 86.3 cm³/mol. The monoisotopic (exact) mass is 361 g/mol. The van der Waals surface area contributed by atoms with Gasteiger partial charge in [-0.25, -0.2) is 13.6 Å². The van der Waals surface area contributed by atoms with Crippen LogP contribution in [0.1, 0.15) is 12.8 Å². The van der Waals surface area contributed by atoms with E-state index in [1.165, 1.54) is 23.1 Å². The number of alkyl halides is 2. The van der Waals surface area contributed by atoms with Gasteiger partial charge in [0.2, 0.25) is 5.65 Å². The first-order valence-electron chi connectivity index (χ1n) is 8.05. The third kappa shape index (κ3) is 2.02. The number of H-pyrrole nitrogens is 2. The van der Waals surface area contributed by atoms with E-state index in [-0.39, 0.29) is 17.8 Å². The van der Waals surface area contributed by atoms with Crippen molar-refractivity contribution in [2.75, 3.05) is 18.0 Å². The van der Waals surface area contributed by atoms with Crippen LogP contribution in [0.4, 0.5) is 14.5 Å². The minimum Gasteiger partial charge on any atom is -0.362 e. The van der Waals surface area contributed by atoms with Gasteiger partial charge in [0.1, 0.15) is 12.0 Å². The number of nitrogens with zero attached hydrogens (tertiary/aromatic N) is 5. The number of anilines is 1. The van der Waals surface area contributed by atoms with E-state index < -0.39 is 29.1 Å². The van der Waals surface area contributed by atoms with Crippen LogP contribution in [0.25, 0.3) is 16.9 Å². The lowest BCUT2D eigenvalue weighted by molar-refractivity contribution is -0.0334. The van der Waals surface area contributed by atoms with Gasteiger partial charge >= 0.3 is 5.69 Å². The third-order valence-electron chi connectivity index (χ3n) is 5.20. The normalized spacial score (nSPS) is 20.2. The Balaban J connectivity index is 1.67. The summed E-state index contributed by atoms with van der Waals surface area (Å²) < 4.78 is 30.1. The molecule has 0 atom stereocenters. The van der Waals surface area contributed by atoms with Crippen LogP contribution in [0.2, 0.25) is 0 Å². The number of aromatic amines is 2. The van der Waals surface area contributed by atoms with Gasteiger partial charge in [0.15, 0.2) is 0 Å². The molecule has 9 nitrogen and oxygen atoms in total. The summed E-state index contributed by atoms with van der Waals surface area (Å²) in [5.74, 6) is -2.77. The number of halogens is 2. The first-order chi connectivity index (χ1) is 12.4. The molecule has 2 aliphatic rings. The fraction of sp³-hybridized carbons (Fsp3) is 0.400. The van der Waals surface area contributed by atoms with Crippen LogP contribution in [-0.4, -0.2) is 48.8 Å². The van der Waals surface area contributed by atoms with Crippen molar-refractivity contribution >= 4 is 11.3 Å². The molecule has 4 heterocycles. The number of nitrogens with one attached hydrogen (secondary N) is 2. The van der Waals surface area contributed by atoms with Crippen molar-refractivity contribution in [3.63, 3.8) is 0 Å². The average molecular weight is 361 g/mol. The molecule has 11 heteroatoms. The van der Waals surface area contributed by atoms with Crippen molar-refractivity contribution in [2.24, 2.45) is 5.41 Å². The summed E-state index contributed by atoms with van der Waals surface area (Å²) in [5, 5.41) is 12.0. The molecular formula is C15H13F2N7O2. The molecule has 5 rings (SSSR count). The molecule has 1 saturated heterocycles. The predicted octanol–water partition coefficient (Wildman–Crippen LogP) is 0.403. The molecule has 0 unspecified atom stereocenters. The molecule has 3 aromatic heterocycles. The molecule has 1 spiro atoms. The van der Waals surface area contributed by atoms with E-state index in [0.717, 1.165) is 0 Å². The Bertz CT molecular complexity index is 1140. The zero-order valence-electron chi connectivity index (χ0n) is 13.4. The van der Waals surface area contributed by atoms with Gasteiger partial charge in [-0.2, -0.15) is 9.61 Å². The van der Waals surface area contributed by atoms with Crippen molar-refractivity contribution in [1.29, 1.82) is 0 Å². The topological polar surface area (TPSA) is 112 Å². The Morgan fingerprint density at radius 3 is 2.69 bits per heavy atom. The van der Waals surface area contributed by atoms with E-state index in [1.807, 2.05) is 0 Å². The van der Waals surface area contributed by atoms with Gasteiger partial charge in [-0.1, -0.05) is 0 Å². The van der Waals surface area contributed by atoms with E-state index in [9.17, 15) is 18.4 Å². The maximum Gasteiger partial charge on any atom is 0.325 e. The molecule has 2 N–H and O–H groups in total. The van der Waals surface area contributed by atoms with Crippen molar-refractivity contribution < 1.29 is 8.78 Å². The van der Waals surface area contributed by atoms with Gasteiger partial charge in [0, 0.05) is 12.7 Å². The molecule has 0 bridgehead atoms. The van der Waals surface area contributed by atoms with Crippen molar-refractivity contribution in [3.8, 4) is 11.3 Å². The highest BCUT2D eigenvalue weighted by molar-refractivity contribution is 5.74. The zero-order chi connectivity index (χ0) is 18.1. The SMILES string of the molecule is O=c1[nH]cc(-c2cc(N3CC(F)(F)C4(CC4)C3)c3nncn3n2)c(=O)[nH]1. The molecule has 0 amide bonds. The molecule has 26 heavy (non-hydrogen) atoms. The molecule has 1 saturated carbocycles. The molecule has 3 aromatic rings. The fourth-order valence-corrected chi connectivity index (χ4v) is 3.56. The Labute approximate surface area is 143 Å².